The number of amides is 12. The standard InChI is InChI=1S/C77H105N15O18S2/c1-8-12-52-67(101)85-55(27-28-61(98)99)69(103)84-54(26-21-43-17-22-49(95)23-18-43)68(102)82-53(13-9-2)70(104)90-62(41(3)93)74(108)88-58(65(79)100)40-112-39-46-15-10-14-45(32-46)38-111-31-29-60(97)89-64(77(5,6)7)75(109)87-57(33-44-19-24-50(96)25-20-44)76(110)92-37-48(78)35-59(92)72(106)91-63(42(4)94)73(107)86-56(71(105)83-52)34-47-36-81-66-51(47)16-11-30-80-66/h10-11,14-20,22-25,30,32,36,41-42,48,52-59,62-64,93-96H,8-9,12-13,21,26-29,31,33-35,37-40,78H2,1-7H3,(H2,79,100)(H,80,81)(H,82,102)(H,83,105)(H,84,103)(H,85,101)(H,86,107)(H,87,109)(H,88,108)(H,89,97)(H,90,104)(H,91,106)(H,98,99)/t41-,42-,48-,52+,53+,54+,55+,56+,57+,58+,59+,62+,63+,64-/m1/s1. The van der Waals surface area contributed by atoms with Crippen LogP contribution in [0.4, 0.5) is 0 Å². The number of aromatic amines is 1. The Kier molecular flexibility index (Phi) is 33.6. The molecule has 1 fully saturated rings. The lowest BCUT2D eigenvalue weighted by molar-refractivity contribution is -0.143. The number of primary amides is 1. The fraction of sp³-hybridized carbons (Fsp3) is 0.506. The quantitative estimate of drug-likeness (QED) is 0.0602. The van der Waals surface area contributed by atoms with Gasteiger partial charge in [-0.05, 0) is 122 Å². The number of benzene rings is 3. The van der Waals surface area contributed by atoms with Crippen molar-refractivity contribution in [2.75, 3.05) is 18.1 Å². The summed E-state index contributed by atoms with van der Waals surface area (Å²) < 4.78 is 0. The number of pyridine rings is 1. The molecule has 0 saturated carbocycles. The fourth-order valence-electron chi connectivity index (χ4n) is 12.9. The Hall–Kier alpha value is -10.4. The maximum absolute atomic E-state index is 15.2. The van der Waals surface area contributed by atoms with E-state index in [2.05, 4.69) is 63.1 Å². The van der Waals surface area contributed by atoms with Crippen molar-refractivity contribution in [1.29, 1.82) is 0 Å². The third-order valence-electron chi connectivity index (χ3n) is 19.0. The lowest BCUT2D eigenvalue weighted by atomic mass is 9.85. The Labute approximate surface area is 657 Å². The van der Waals surface area contributed by atoms with Crippen LogP contribution < -0.4 is 64.6 Å². The zero-order valence-corrected chi connectivity index (χ0v) is 65.4. The van der Waals surface area contributed by atoms with Crippen molar-refractivity contribution in [3.8, 4) is 11.5 Å². The number of aryl methyl sites for hydroxylation is 1. The van der Waals surface area contributed by atoms with Gasteiger partial charge < -0.3 is 100 Å². The number of aliphatic hydroxyl groups excluding tert-OH is 2. The van der Waals surface area contributed by atoms with Gasteiger partial charge in [-0.25, -0.2) is 4.98 Å². The lowest BCUT2D eigenvalue weighted by Gasteiger charge is -2.34. The molecule has 0 spiro atoms. The summed E-state index contributed by atoms with van der Waals surface area (Å²) >= 11 is 2.68. The van der Waals surface area contributed by atoms with Gasteiger partial charge in [0.25, 0.3) is 0 Å². The average molecular weight is 1590 g/mol. The van der Waals surface area contributed by atoms with Crippen LogP contribution in [0.3, 0.4) is 0 Å². The zero-order chi connectivity index (χ0) is 82.1. The molecule has 0 radical (unpaired) electrons. The number of fused-ring (bicyclic) bond motifs is 4. The van der Waals surface area contributed by atoms with E-state index in [9.17, 15) is 78.3 Å². The monoisotopic (exact) mass is 1590 g/mol. The molecule has 2 aliphatic heterocycles. The number of carbonyl (C=O) groups excluding carboxylic acids is 12. The van der Waals surface area contributed by atoms with Gasteiger partial charge in [0.15, 0.2) is 0 Å². The predicted molar refractivity (Wildman–Crippen MR) is 418 cm³/mol. The third-order valence-corrected chi connectivity index (χ3v) is 21.1. The van der Waals surface area contributed by atoms with Crippen LogP contribution in [0, 0.1) is 5.41 Å². The molecule has 20 N–H and O–H groups in total. The number of thioether (sulfide) groups is 2. The van der Waals surface area contributed by atoms with E-state index in [1.54, 1.807) is 58.9 Å². The van der Waals surface area contributed by atoms with E-state index in [-0.39, 0.29) is 88.0 Å². The molecule has 112 heavy (non-hydrogen) atoms. The number of H-pyrrole nitrogens is 1. The van der Waals surface area contributed by atoms with Crippen LogP contribution in [0.5, 0.6) is 11.5 Å². The number of aromatic nitrogens is 2. The molecule has 35 heteroatoms. The molecule has 608 valence electrons. The highest BCUT2D eigenvalue weighted by Crippen LogP contribution is 2.26. The second-order valence-corrected chi connectivity index (χ2v) is 31.4. The average Bonchev–Trinajstić information content (AvgIpc) is 1.80. The van der Waals surface area contributed by atoms with Crippen LogP contribution in [0.25, 0.3) is 11.0 Å². The first-order valence-corrected chi connectivity index (χ1v) is 39.6. The Morgan fingerprint density at radius 2 is 1.10 bits per heavy atom. The SMILES string of the molecule is CCC[C@@H]1NC(=O)[C@H](Cc2c[nH]c3ncccc23)NC(=O)[C@H]([C@@H](C)O)NC(=O)[C@@H]2C[C@@H](N)CN2C(=O)[C@H](Cc2ccc(O)cc2)NC(=O)[C@H](C(C)(C)C)NC(=O)CCSCc2cccc(c2)CSC[C@@H](C(N)=O)NC(=O)[C@H]([C@@H](C)O)NC(=O)[C@H](CCC)NC(=O)[C@H](CCc2ccc(O)cc2)NC(=O)[C@H](CCC(=O)O)NC1=O. The molecule has 2 bridgehead atoms. The Bertz CT molecular complexity index is 4120. The van der Waals surface area contributed by atoms with Crippen molar-refractivity contribution in [1.82, 2.24) is 68.0 Å². The molecule has 12 amide bonds. The molecule has 1 saturated heterocycles. The third kappa shape index (κ3) is 26.7. The number of hydrogen-bond donors (Lipinski definition) is 18. The molecular weight excluding hydrogens is 1490 g/mol. The van der Waals surface area contributed by atoms with Gasteiger partial charge in [0, 0.05) is 79.1 Å². The van der Waals surface area contributed by atoms with Crippen molar-refractivity contribution in [3.63, 3.8) is 0 Å². The van der Waals surface area contributed by atoms with Gasteiger partial charge in [-0.3, -0.25) is 62.3 Å². The fourth-order valence-corrected chi connectivity index (χ4v) is 14.8. The molecule has 5 aromatic rings. The molecule has 7 rings (SSSR count). The first-order chi connectivity index (χ1) is 53.1. The largest absolute Gasteiger partial charge is 0.508 e. The van der Waals surface area contributed by atoms with Gasteiger partial charge in [0.05, 0.1) is 12.2 Å². The normalized spacial score (nSPS) is 24.9. The van der Waals surface area contributed by atoms with Crippen LogP contribution in [0.15, 0.2) is 97.3 Å². The number of hydrogen-bond acceptors (Lipinski definition) is 21. The molecule has 3 aromatic carbocycles. The first kappa shape index (κ1) is 88.9. The Balaban J connectivity index is 1.24. The summed E-state index contributed by atoms with van der Waals surface area (Å²) in [5.41, 5.74) is 14.9. The molecule has 0 unspecified atom stereocenters. The minimum atomic E-state index is -1.86. The topological polar surface area (TPSA) is 527 Å². The molecule has 4 heterocycles. The van der Waals surface area contributed by atoms with E-state index < -0.39 is 180 Å². The van der Waals surface area contributed by atoms with E-state index >= 15 is 9.59 Å². The number of nitrogens with two attached hydrogens (primary N) is 2. The zero-order valence-electron chi connectivity index (χ0n) is 63.8. The molecular formula is C77H105N15O18S2. The Morgan fingerprint density at radius 3 is 1.65 bits per heavy atom. The van der Waals surface area contributed by atoms with Crippen LogP contribution in [-0.2, 0) is 93.1 Å². The highest BCUT2D eigenvalue weighted by Gasteiger charge is 2.45. The summed E-state index contributed by atoms with van der Waals surface area (Å²) in [6.07, 6.45) is -2.13. The van der Waals surface area contributed by atoms with E-state index in [0.717, 1.165) is 16.0 Å². The summed E-state index contributed by atoms with van der Waals surface area (Å²) in [4.78, 5) is 194. The minimum absolute atomic E-state index is 0.0301. The summed E-state index contributed by atoms with van der Waals surface area (Å²) in [7, 11) is 0. The minimum Gasteiger partial charge on any atom is -0.508 e. The van der Waals surface area contributed by atoms with Crippen LogP contribution in [0.2, 0.25) is 0 Å². The number of carboxylic acids is 1. The number of aliphatic hydroxyl groups is 2. The molecule has 0 aliphatic carbocycles. The van der Waals surface area contributed by atoms with Crippen LogP contribution in [0.1, 0.15) is 134 Å². The van der Waals surface area contributed by atoms with E-state index in [1.165, 1.54) is 86.2 Å². The summed E-state index contributed by atoms with van der Waals surface area (Å²) in [6, 6.07) is 4.79. The summed E-state index contributed by atoms with van der Waals surface area (Å²) in [5.74, 6) is -11.5. The number of phenols is 2. The smallest absolute Gasteiger partial charge is 0.303 e. The number of phenolic OH excluding ortho intramolecular Hbond substituents is 2. The maximum atomic E-state index is 15.2. The maximum Gasteiger partial charge on any atom is 0.303 e. The second kappa shape index (κ2) is 42.3. The molecule has 2 aliphatic rings. The highest BCUT2D eigenvalue weighted by molar-refractivity contribution is 7.98. The number of rotatable bonds is 17. The number of carbonyl (C=O) groups is 13. The van der Waals surface area contributed by atoms with E-state index in [4.69, 9.17) is 11.5 Å². The lowest BCUT2D eigenvalue weighted by Crippen LogP contribution is -2.62. The van der Waals surface area contributed by atoms with Gasteiger partial charge in [-0.1, -0.05) is 96.0 Å². The van der Waals surface area contributed by atoms with Crippen molar-refractivity contribution < 1.29 is 87.9 Å². The predicted octanol–water partition coefficient (Wildman–Crippen LogP) is 0.497. The molecule has 2 aromatic heterocycles. The number of carboxylic acid groups (broad SMARTS) is 1. The number of nitrogens with one attached hydrogen (secondary N) is 11. The second-order valence-electron chi connectivity index (χ2n) is 29.3. The first-order valence-electron chi connectivity index (χ1n) is 37.3. The highest BCUT2D eigenvalue weighted by atomic mass is 32.2. The summed E-state index contributed by atoms with van der Waals surface area (Å²) in [5, 5.41) is 79.4. The van der Waals surface area contributed by atoms with Gasteiger partial charge in [0.2, 0.25) is 70.9 Å². The van der Waals surface area contributed by atoms with E-state index in [1.807, 2.05) is 24.3 Å². The van der Waals surface area contributed by atoms with Crippen LogP contribution in [-0.4, -0.2) is 220 Å². The number of aliphatic carboxylic acids is 1. The Morgan fingerprint density at radius 1 is 0.589 bits per heavy atom. The van der Waals surface area contributed by atoms with Crippen LogP contribution >= 0.6 is 23.5 Å². The van der Waals surface area contributed by atoms with Crippen molar-refractivity contribution in [2.24, 2.45) is 16.9 Å². The summed E-state index contributed by atoms with van der Waals surface area (Å²) in [6.45, 7) is 10.7. The van der Waals surface area contributed by atoms with Gasteiger partial charge in [-0.2, -0.15) is 23.5 Å². The van der Waals surface area contributed by atoms with Gasteiger partial charge >= 0.3 is 5.97 Å². The van der Waals surface area contributed by atoms with Gasteiger partial charge in [0.1, 0.15) is 83.6 Å². The number of aromatic hydroxyl groups is 2. The number of nitrogens with zero attached hydrogens (tertiary/aromatic N) is 2. The van der Waals surface area contributed by atoms with Crippen molar-refractivity contribution in [2.45, 2.75) is 222 Å². The van der Waals surface area contributed by atoms with Crippen molar-refractivity contribution >= 4 is 111 Å². The molecule has 14 atom stereocenters. The molecule has 33 nitrogen and oxygen atoms in total. The van der Waals surface area contributed by atoms with Crippen molar-refractivity contribution in [3.05, 3.63) is 125 Å². The van der Waals surface area contributed by atoms with E-state index in [0.29, 0.717) is 45.0 Å². The van der Waals surface area contributed by atoms with Gasteiger partial charge in [-0.15, -0.1) is 0 Å².